The van der Waals surface area contributed by atoms with Gasteiger partial charge in [-0.2, -0.15) is 0 Å². The number of likely N-dealkylation sites (tertiary alicyclic amines) is 1. The molecule has 1 saturated heterocycles. The number of carbonyl (C=O) groups is 1. The van der Waals surface area contributed by atoms with Crippen LogP contribution in [-0.4, -0.2) is 40.1 Å². The van der Waals surface area contributed by atoms with E-state index >= 15 is 0 Å². The Morgan fingerprint density at radius 3 is 3.18 bits per heavy atom. The molecule has 1 aliphatic heterocycles. The fourth-order valence-electron chi connectivity index (χ4n) is 2.07. The van der Waals surface area contributed by atoms with E-state index < -0.39 is 0 Å². The van der Waals surface area contributed by atoms with E-state index in [4.69, 9.17) is 5.73 Å². The molecule has 0 bridgehead atoms. The van der Waals surface area contributed by atoms with Crippen LogP contribution < -0.4 is 5.73 Å². The molecule has 0 spiro atoms. The molecule has 92 valence electrons. The van der Waals surface area contributed by atoms with Gasteiger partial charge in [-0.1, -0.05) is 0 Å². The van der Waals surface area contributed by atoms with Crippen molar-refractivity contribution in [2.75, 3.05) is 18.9 Å². The number of rotatable bonds is 2. The lowest BCUT2D eigenvalue weighted by atomic mass is 10.2. The van der Waals surface area contributed by atoms with Gasteiger partial charge >= 0.3 is 0 Å². The van der Waals surface area contributed by atoms with Gasteiger partial charge in [0.15, 0.2) is 0 Å². The average molecular weight is 300 g/mol. The van der Waals surface area contributed by atoms with Gasteiger partial charge in [0.25, 0.3) is 5.91 Å². The van der Waals surface area contributed by atoms with E-state index in [1.165, 1.54) is 0 Å². The second-order valence-electron chi connectivity index (χ2n) is 4.06. The van der Waals surface area contributed by atoms with E-state index in [-0.39, 0.29) is 24.4 Å². The molecule has 1 aromatic rings. The molecular weight excluding hydrogens is 286 g/mol. The summed E-state index contributed by atoms with van der Waals surface area (Å²) in [6.45, 7) is 0.656. The van der Waals surface area contributed by atoms with Crippen LogP contribution in [0.15, 0.2) is 16.7 Å². The lowest BCUT2D eigenvalue weighted by Crippen LogP contribution is -2.38. The van der Waals surface area contributed by atoms with Crippen molar-refractivity contribution in [2.45, 2.75) is 18.9 Å². The summed E-state index contributed by atoms with van der Waals surface area (Å²) in [7, 11) is 0. The maximum absolute atomic E-state index is 12.3. The molecule has 1 atom stereocenters. The van der Waals surface area contributed by atoms with Crippen LogP contribution in [0.4, 0.5) is 5.82 Å². The van der Waals surface area contributed by atoms with Crippen molar-refractivity contribution >= 4 is 27.7 Å². The van der Waals surface area contributed by atoms with Gasteiger partial charge in [-0.3, -0.25) is 4.79 Å². The van der Waals surface area contributed by atoms with Crippen LogP contribution in [0.2, 0.25) is 0 Å². The van der Waals surface area contributed by atoms with E-state index in [0.717, 1.165) is 17.3 Å². The molecule has 1 aliphatic rings. The number of aliphatic hydroxyl groups excluding tert-OH is 1. The number of aromatic nitrogens is 1. The SMILES string of the molecule is Nc1ncc(Br)cc1C(=O)N1CCCC1CO. The molecule has 1 amide bonds. The van der Waals surface area contributed by atoms with Crippen LogP contribution in [-0.2, 0) is 0 Å². The first-order chi connectivity index (χ1) is 8.13. The Labute approximate surface area is 108 Å². The predicted molar refractivity (Wildman–Crippen MR) is 67.5 cm³/mol. The van der Waals surface area contributed by atoms with Gasteiger partial charge in [0.1, 0.15) is 5.82 Å². The van der Waals surface area contributed by atoms with Crippen molar-refractivity contribution in [3.63, 3.8) is 0 Å². The Morgan fingerprint density at radius 2 is 2.47 bits per heavy atom. The first-order valence-electron chi connectivity index (χ1n) is 5.46. The second-order valence-corrected chi connectivity index (χ2v) is 4.98. The normalized spacial score (nSPS) is 19.6. The summed E-state index contributed by atoms with van der Waals surface area (Å²) in [5, 5.41) is 9.21. The summed E-state index contributed by atoms with van der Waals surface area (Å²) >= 11 is 3.27. The van der Waals surface area contributed by atoms with Gasteiger partial charge in [0.05, 0.1) is 18.2 Å². The van der Waals surface area contributed by atoms with Gasteiger partial charge in [0.2, 0.25) is 0 Å². The largest absolute Gasteiger partial charge is 0.394 e. The monoisotopic (exact) mass is 299 g/mol. The van der Waals surface area contributed by atoms with Crippen molar-refractivity contribution in [1.82, 2.24) is 9.88 Å². The minimum Gasteiger partial charge on any atom is -0.394 e. The van der Waals surface area contributed by atoms with E-state index in [2.05, 4.69) is 20.9 Å². The average Bonchev–Trinajstić information content (AvgIpc) is 2.79. The van der Waals surface area contributed by atoms with Crippen LogP contribution in [0.5, 0.6) is 0 Å². The van der Waals surface area contributed by atoms with Gasteiger partial charge in [-0.05, 0) is 34.8 Å². The molecule has 0 aromatic carbocycles. The number of aliphatic hydroxyl groups is 1. The summed E-state index contributed by atoms with van der Waals surface area (Å²) in [6.07, 6.45) is 3.31. The highest BCUT2D eigenvalue weighted by molar-refractivity contribution is 9.10. The van der Waals surface area contributed by atoms with E-state index in [1.807, 2.05) is 0 Å². The number of hydrogen-bond donors (Lipinski definition) is 2. The zero-order valence-electron chi connectivity index (χ0n) is 9.27. The Balaban J connectivity index is 2.27. The van der Waals surface area contributed by atoms with Crippen molar-refractivity contribution in [3.8, 4) is 0 Å². The zero-order chi connectivity index (χ0) is 12.4. The van der Waals surface area contributed by atoms with E-state index in [0.29, 0.717) is 12.1 Å². The summed E-state index contributed by atoms with van der Waals surface area (Å²) in [5.41, 5.74) is 6.09. The minimum absolute atomic E-state index is 0.00687. The fourth-order valence-corrected chi connectivity index (χ4v) is 2.40. The standard InChI is InChI=1S/C11H14BrN3O2/c12-7-4-9(10(13)14-5-7)11(17)15-3-1-2-8(15)6-16/h4-5,8,16H,1-3,6H2,(H2,13,14). The number of amides is 1. The smallest absolute Gasteiger partial charge is 0.257 e. The Bertz CT molecular complexity index is 439. The second kappa shape index (κ2) is 5.01. The van der Waals surface area contributed by atoms with Crippen LogP contribution in [0.25, 0.3) is 0 Å². The Morgan fingerprint density at radius 1 is 1.71 bits per heavy atom. The topological polar surface area (TPSA) is 79.5 Å². The quantitative estimate of drug-likeness (QED) is 0.855. The molecule has 1 unspecified atom stereocenters. The van der Waals surface area contributed by atoms with Gasteiger partial charge in [-0.25, -0.2) is 4.98 Å². The fraction of sp³-hybridized carbons (Fsp3) is 0.455. The van der Waals surface area contributed by atoms with Gasteiger partial charge < -0.3 is 15.7 Å². The van der Waals surface area contributed by atoms with Crippen LogP contribution in [0, 0.1) is 0 Å². The highest BCUT2D eigenvalue weighted by Crippen LogP contribution is 2.23. The molecule has 0 aliphatic carbocycles. The summed E-state index contributed by atoms with van der Waals surface area (Å²) < 4.78 is 0.717. The minimum atomic E-state index is -0.159. The van der Waals surface area contributed by atoms with Crippen LogP contribution >= 0.6 is 15.9 Å². The molecule has 0 saturated carbocycles. The number of halogens is 1. The molecule has 17 heavy (non-hydrogen) atoms. The third-order valence-corrected chi connectivity index (χ3v) is 3.40. The van der Waals surface area contributed by atoms with Crippen LogP contribution in [0.3, 0.4) is 0 Å². The van der Waals surface area contributed by atoms with Crippen molar-refractivity contribution in [2.24, 2.45) is 0 Å². The number of nitrogen functional groups attached to an aromatic ring is 1. The molecule has 1 fully saturated rings. The summed E-state index contributed by atoms with van der Waals surface area (Å²) in [6, 6.07) is 1.57. The first kappa shape index (κ1) is 12.3. The van der Waals surface area contributed by atoms with Crippen molar-refractivity contribution in [1.29, 1.82) is 0 Å². The van der Waals surface area contributed by atoms with E-state index in [9.17, 15) is 9.90 Å². The number of carbonyl (C=O) groups excluding carboxylic acids is 1. The third kappa shape index (κ3) is 2.42. The zero-order valence-corrected chi connectivity index (χ0v) is 10.9. The molecular formula is C11H14BrN3O2. The number of nitrogens with two attached hydrogens (primary N) is 1. The highest BCUT2D eigenvalue weighted by atomic mass is 79.9. The highest BCUT2D eigenvalue weighted by Gasteiger charge is 2.30. The number of hydrogen-bond acceptors (Lipinski definition) is 4. The lowest BCUT2D eigenvalue weighted by molar-refractivity contribution is 0.0678. The van der Waals surface area contributed by atoms with Crippen LogP contribution in [0.1, 0.15) is 23.2 Å². The number of pyridine rings is 1. The van der Waals surface area contributed by atoms with Crippen molar-refractivity contribution < 1.29 is 9.90 Å². The molecule has 2 heterocycles. The predicted octanol–water partition coefficient (Wildman–Crippen LogP) is 1.02. The number of nitrogens with zero attached hydrogens (tertiary/aromatic N) is 2. The molecule has 3 N–H and O–H groups in total. The Hall–Kier alpha value is -1.14. The maximum atomic E-state index is 12.3. The van der Waals surface area contributed by atoms with E-state index in [1.54, 1.807) is 17.2 Å². The first-order valence-corrected chi connectivity index (χ1v) is 6.25. The van der Waals surface area contributed by atoms with Gasteiger partial charge in [0, 0.05) is 17.2 Å². The molecule has 6 heteroatoms. The molecule has 1 aromatic heterocycles. The molecule has 5 nitrogen and oxygen atoms in total. The maximum Gasteiger partial charge on any atom is 0.257 e. The van der Waals surface area contributed by atoms with Crippen molar-refractivity contribution in [3.05, 3.63) is 22.3 Å². The number of anilines is 1. The molecule has 0 radical (unpaired) electrons. The third-order valence-electron chi connectivity index (χ3n) is 2.96. The Kier molecular flexibility index (Phi) is 3.63. The lowest BCUT2D eigenvalue weighted by Gasteiger charge is -2.23. The summed E-state index contributed by atoms with van der Waals surface area (Å²) in [4.78, 5) is 17.9. The molecule has 2 rings (SSSR count). The summed E-state index contributed by atoms with van der Waals surface area (Å²) in [5.74, 6) is 0.0645. The van der Waals surface area contributed by atoms with Gasteiger partial charge in [-0.15, -0.1) is 0 Å².